The molecule has 2 N–H and O–H groups in total. The zero-order chi connectivity index (χ0) is 16.9. The molecule has 3 rings (SSSR count). The van der Waals surface area contributed by atoms with Crippen molar-refractivity contribution >= 4 is 40.4 Å². The fraction of sp³-hybridized carbons (Fsp3) is 0.0588. The van der Waals surface area contributed by atoms with Crippen molar-refractivity contribution in [1.82, 2.24) is 9.78 Å². The molecule has 0 radical (unpaired) electrons. The largest absolute Gasteiger partial charge is 0.332 e. The van der Waals surface area contributed by atoms with Gasteiger partial charge in [0.1, 0.15) is 5.82 Å². The Kier molecular flexibility index (Phi) is 5.08. The van der Waals surface area contributed by atoms with Gasteiger partial charge in [-0.05, 0) is 36.5 Å². The fourth-order valence-corrected chi connectivity index (χ4v) is 2.61. The Morgan fingerprint density at radius 2 is 1.88 bits per heavy atom. The molecule has 3 aromatic rings. The summed E-state index contributed by atoms with van der Waals surface area (Å²) < 4.78 is 15.4. The van der Waals surface area contributed by atoms with Crippen LogP contribution in [0.15, 0.2) is 60.8 Å². The molecule has 0 spiro atoms. The van der Waals surface area contributed by atoms with E-state index in [1.54, 1.807) is 29.1 Å². The summed E-state index contributed by atoms with van der Waals surface area (Å²) in [6, 6.07) is 15.9. The van der Waals surface area contributed by atoms with E-state index in [0.29, 0.717) is 21.5 Å². The topological polar surface area (TPSA) is 41.9 Å². The first-order valence-corrected chi connectivity index (χ1v) is 8.00. The Labute approximate surface area is 149 Å². The zero-order valence-corrected chi connectivity index (χ0v) is 14.1. The summed E-state index contributed by atoms with van der Waals surface area (Å²) >= 11 is 11.3. The third-order valence-electron chi connectivity index (χ3n) is 3.30. The average molecular weight is 361 g/mol. The van der Waals surface area contributed by atoms with Crippen molar-refractivity contribution in [3.63, 3.8) is 0 Å². The summed E-state index contributed by atoms with van der Waals surface area (Å²) in [5.74, 6) is 0.213. The molecule has 0 aliphatic rings. The number of rotatable bonds is 4. The first kappa shape index (κ1) is 16.4. The molecule has 122 valence electrons. The van der Waals surface area contributed by atoms with E-state index in [1.165, 1.54) is 6.07 Å². The molecule has 2 aromatic carbocycles. The Morgan fingerprint density at radius 3 is 2.62 bits per heavy atom. The lowest BCUT2D eigenvalue weighted by molar-refractivity contribution is 0.586. The number of hydrogen-bond acceptors (Lipinski definition) is 2. The Hall–Kier alpha value is -2.44. The first-order chi connectivity index (χ1) is 11.6. The van der Waals surface area contributed by atoms with E-state index in [1.807, 2.05) is 30.3 Å². The van der Waals surface area contributed by atoms with Crippen molar-refractivity contribution in [2.45, 2.75) is 6.54 Å². The molecule has 0 bridgehead atoms. The molecule has 0 saturated heterocycles. The highest BCUT2D eigenvalue weighted by Crippen LogP contribution is 2.20. The van der Waals surface area contributed by atoms with Gasteiger partial charge in [0.2, 0.25) is 0 Å². The van der Waals surface area contributed by atoms with Gasteiger partial charge in [0.25, 0.3) is 0 Å². The number of nitrogens with one attached hydrogen (secondary N) is 2. The van der Waals surface area contributed by atoms with Crippen LogP contribution < -0.4 is 10.6 Å². The lowest BCUT2D eigenvalue weighted by atomic mass is 10.2. The molecular formula is C17H14ClFN4S. The third-order valence-corrected chi connectivity index (χ3v) is 3.85. The van der Waals surface area contributed by atoms with Gasteiger partial charge in [0.05, 0.1) is 6.54 Å². The second-order valence-corrected chi connectivity index (χ2v) is 5.86. The van der Waals surface area contributed by atoms with Gasteiger partial charge in [-0.15, -0.1) is 0 Å². The average Bonchev–Trinajstić information content (AvgIpc) is 2.99. The highest BCUT2D eigenvalue weighted by atomic mass is 35.5. The number of aromatic nitrogens is 2. The van der Waals surface area contributed by atoms with Crippen LogP contribution in [0.25, 0.3) is 0 Å². The van der Waals surface area contributed by atoms with E-state index in [0.717, 1.165) is 5.69 Å². The van der Waals surface area contributed by atoms with Crippen molar-refractivity contribution in [2.24, 2.45) is 0 Å². The summed E-state index contributed by atoms with van der Waals surface area (Å²) in [6.07, 6.45) is 1.73. The smallest absolute Gasteiger partial charge is 0.176 e. The molecule has 0 aliphatic heterocycles. The van der Waals surface area contributed by atoms with E-state index < -0.39 is 0 Å². The normalized spacial score (nSPS) is 10.4. The van der Waals surface area contributed by atoms with E-state index in [4.69, 9.17) is 23.8 Å². The van der Waals surface area contributed by atoms with Crippen LogP contribution in [-0.4, -0.2) is 14.9 Å². The third kappa shape index (κ3) is 4.10. The predicted molar refractivity (Wildman–Crippen MR) is 99.0 cm³/mol. The van der Waals surface area contributed by atoms with Crippen molar-refractivity contribution in [2.75, 3.05) is 10.6 Å². The van der Waals surface area contributed by atoms with Gasteiger partial charge in [0, 0.05) is 28.5 Å². The molecule has 1 heterocycles. The van der Waals surface area contributed by atoms with E-state index in [-0.39, 0.29) is 12.4 Å². The molecule has 24 heavy (non-hydrogen) atoms. The maximum absolute atomic E-state index is 13.8. The predicted octanol–water partition coefficient (Wildman–Crippen LogP) is 4.53. The molecule has 1 aromatic heterocycles. The monoisotopic (exact) mass is 360 g/mol. The molecule has 0 aliphatic carbocycles. The summed E-state index contributed by atoms with van der Waals surface area (Å²) in [5.41, 5.74) is 1.28. The molecule has 0 fully saturated rings. The summed E-state index contributed by atoms with van der Waals surface area (Å²) in [7, 11) is 0. The Morgan fingerprint density at radius 1 is 1.08 bits per heavy atom. The van der Waals surface area contributed by atoms with Crippen LogP contribution in [0.1, 0.15) is 5.56 Å². The maximum atomic E-state index is 13.8. The highest BCUT2D eigenvalue weighted by Gasteiger charge is 2.09. The molecule has 0 amide bonds. The first-order valence-electron chi connectivity index (χ1n) is 7.21. The number of anilines is 2. The van der Waals surface area contributed by atoms with E-state index >= 15 is 0 Å². The summed E-state index contributed by atoms with van der Waals surface area (Å²) in [4.78, 5) is 0. The van der Waals surface area contributed by atoms with Gasteiger partial charge < -0.3 is 10.6 Å². The standard InChI is InChI=1S/C17H14ClFN4S/c18-14-7-4-8-15(19)13(14)11-23-10-9-16(22-23)21-17(24)20-12-5-2-1-3-6-12/h1-10H,11H2,(H2,20,21,22,24). The van der Waals surface area contributed by atoms with E-state index in [9.17, 15) is 4.39 Å². The Bertz CT molecular complexity index is 831. The van der Waals surface area contributed by atoms with Crippen LogP contribution in [0.5, 0.6) is 0 Å². The van der Waals surface area contributed by atoms with Crippen molar-refractivity contribution < 1.29 is 4.39 Å². The van der Waals surface area contributed by atoms with Gasteiger partial charge in [-0.1, -0.05) is 35.9 Å². The second kappa shape index (κ2) is 7.42. The maximum Gasteiger partial charge on any atom is 0.176 e. The second-order valence-electron chi connectivity index (χ2n) is 5.04. The molecule has 7 heteroatoms. The van der Waals surface area contributed by atoms with Gasteiger partial charge in [-0.25, -0.2) is 4.39 Å². The van der Waals surface area contributed by atoms with Crippen molar-refractivity contribution in [3.8, 4) is 0 Å². The number of para-hydroxylation sites is 1. The Balaban J connectivity index is 1.64. The van der Waals surface area contributed by atoms with Gasteiger partial charge in [-0.2, -0.15) is 5.10 Å². The SMILES string of the molecule is Fc1cccc(Cl)c1Cn1ccc(NC(=S)Nc2ccccc2)n1. The van der Waals surface area contributed by atoms with Crippen molar-refractivity contribution in [1.29, 1.82) is 0 Å². The highest BCUT2D eigenvalue weighted by molar-refractivity contribution is 7.80. The number of halogens is 2. The quantitative estimate of drug-likeness (QED) is 0.671. The zero-order valence-electron chi connectivity index (χ0n) is 12.5. The van der Waals surface area contributed by atoms with Crippen LogP contribution in [0.2, 0.25) is 5.02 Å². The lowest BCUT2D eigenvalue weighted by Crippen LogP contribution is -2.19. The van der Waals surface area contributed by atoms with Gasteiger partial charge in [0.15, 0.2) is 10.9 Å². The van der Waals surface area contributed by atoms with Crippen LogP contribution in [0.3, 0.4) is 0 Å². The lowest BCUT2D eigenvalue weighted by Gasteiger charge is -2.08. The molecule has 0 unspecified atom stereocenters. The van der Waals surface area contributed by atoms with Crippen LogP contribution in [0, 0.1) is 5.82 Å². The molecule has 0 atom stereocenters. The van der Waals surface area contributed by atoms with Gasteiger partial charge >= 0.3 is 0 Å². The molecule has 0 saturated carbocycles. The van der Waals surface area contributed by atoms with Crippen LogP contribution >= 0.6 is 23.8 Å². The van der Waals surface area contributed by atoms with Crippen LogP contribution in [-0.2, 0) is 6.54 Å². The minimum Gasteiger partial charge on any atom is -0.332 e. The minimum absolute atomic E-state index is 0.242. The minimum atomic E-state index is -0.353. The van der Waals surface area contributed by atoms with Crippen LogP contribution in [0.4, 0.5) is 15.9 Å². The molecule has 4 nitrogen and oxygen atoms in total. The van der Waals surface area contributed by atoms with Gasteiger partial charge in [-0.3, -0.25) is 4.68 Å². The molecular weight excluding hydrogens is 347 g/mol. The fourth-order valence-electron chi connectivity index (χ4n) is 2.16. The van der Waals surface area contributed by atoms with E-state index in [2.05, 4.69) is 15.7 Å². The number of nitrogens with zero attached hydrogens (tertiary/aromatic N) is 2. The summed E-state index contributed by atoms with van der Waals surface area (Å²) in [5, 5.41) is 11.2. The number of hydrogen-bond donors (Lipinski definition) is 2. The summed E-state index contributed by atoms with van der Waals surface area (Å²) in [6.45, 7) is 0.242. The number of thiocarbonyl (C=S) groups is 1. The number of benzene rings is 2. The van der Waals surface area contributed by atoms with Crippen molar-refractivity contribution in [3.05, 3.63) is 77.2 Å².